The number of ether oxygens (including phenoxy) is 2. The van der Waals surface area contributed by atoms with Crippen LogP contribution in [0, 0.1) is 5.92 Å². The summed E-state index contributed by atoms with van der Waals surface area (Å²) in [5.41, 5.74) is 7.37. The third kappa shape index (κ3) is 3.39. The Balaban J connectivity index is 2.03. The third-order valence-corrected chi connectivity index (χ3v) is 3.95. The largest absolute Gasteiger partial charge is 0.493 e. The van der Waals surface area contributed by atoms with E-state index < -0.39 is 0 Å². The summed E-state index contributed by atoms with van der Waals surface area (Å²) >= 11 is 0. The van der Waals surface area contributed by atoms with Gasteiger partial charge in [0, 0.05) is 19.1 Å². The number of nitrogens with zero attached hydrogens (tertiary/aromatic N) is 1. The Morgan fingerprint density at radius 2 is 2.00 bits per heavy atom. The van der Waals surface area contributed by atoms with Crippen molar-refractivity contribution in [1.29, 1.82) is 0 Å². The molecule has 0 saturated carbocycles. The van der Waals surface area contributed by atoms with Crippen LogP contribution in [-0.4, -0.2) is 38.3 Å². The molecule has 2 N–H and O–H groups in total. The van der Waals surface area contributed by atoms with Gasteiger partial charge >= 0.3 is 0 Å². The molecule has 4 nitrogen and oxygen atoms in total. The van der Waals surface area contributed by atoms with E-state index in [1.54, 1.807) is 14.2 Å². The van der Waals surface area contributed by atoms with Crippen molar-refractivity contribution in [2.45, 2.75) is 25.9 Å². The molecule has 106 valence electrons. The summed E-state index contributed by atoms with van der Waals surface area (Å²) in [4.78, 5) is 2.41. The van der Waals surface area contributed by atoms with Gasteiger partial charge in [-0.1, -0.05) is 13.0 Å². The maximum absolute atomic E-state index is 6.14. The number of rotatable bonds is 4. The minimum absolute atomic E-state index is 0.286. The molecule has 2 atom stereocenters. The predicted molar refractivity (Wildman–Crippen MR) is 76.6 cm³/mol. The van der Waals surface area contributed by atoms with Crippen LogP contribution in [0.2, 0.25) is 0 Å². The summed E-state index contributed by atoms with van der Waals surface area (Å²) in [5.74, 6) is 2.19. The van der Waals surface area contributed by atoms with Crippen LogP contribution in [0.5, 0.6) is 11.5 Å². The molecule has 0 aromatic heterocycles. The van der Waals surface area contributed by atoms with Gasteiger partial charge < -0.3 is 15.2 Å². The lowest BCUT2D eigenvalue weighted by molar-refractivity contribution is 0.162. The number of nitrogens with two attached hydrogens (primary N) is 1. The Kier molecular flexibility index (Phi) is 4.66. The first-order valence-corrected chi connectivity index (χ1v) is 6.83. The van der Waals surface area contributed by atoms with Crippen molar-refractivity contribution in [2.75, 3.05) is 27.3 Å². The van der Waals surface area contributed by atoms with E-state index in [-0.39, 0.29) is 6.04 Å². The highest BCUT2D eigenvalue weighted by Gasteiger charge is 2.23. The predicted octanol–water partition coefficient (Wildman–Crippen LogP) is 1.87. The van der Waals surface area contributed by atoms with Gasteiger partial charge in [0.2, 0.25) is 0 Å². The van der Waals surface area contributed by atoms with Crippen molar-refractivity contribution in [1.82, 2.24) is 4.90 Å². The van der Waals surface area contributed by atoms with Crippen LogP contribution in [0.1, 0.15) is 18.9 Å². The molecule has 2 rings (SSSR count). The Morgan fingerprint density at radius 3 is 2.63 bits per heavy atom. The molecule has 1 fully saturated rings. The van der Waals surface area contributed by atoms with Crippen LogP contribution in [0.3, 0.4) is 0 Å². The molecule has 1 aliphatic rings. The van der Waals surface area contributed by atoms with Gasteiger partial charge in [-0.15, -0.1) is 0 Å². The minimum atomic E-state index is 0.286. The van der Waals surface area contributed by atoms with Crippen molar-refractivity contribution in [3.63, 3.8) is 0 Å². The van der Waals surface area contributed by atoms with E-state index in [1.165, 1.54) is 12.0 Å². The highest BCUT2D eigenvalue weighted by Crippen LogP contribution is 2.28. The van der Waals surface area contributed by atoms with Crippen molar-refractivity contribution >= 4 is 0 Å². The van der Waals surface area contributed by atoms with E-state index in [0.29, 0.717) is 5.92 Å². The molecule has 2 unspecified atom stereocenters. The zero-order chi connectivity index (χ0) is 13.8. The lowest BCUT2D eigenvalue weighted by atomic mass is 9.94. The third-order valence-electron chi connectivity index (χ3n) is 3.95. The second-order valence-corrected chi connectivity index (χ2v) is 5.35. The van der Waals surface area contributed by atoms with Gasteiger partial charge in [-0.25, -0.2) is 0 Å². The van der Waals surface area contributed by atoms with Crippen molar-refractivity contribution in [2.24, 2.45) is 11.7 Å². The van der Waals surface area contributed by atoms with Crippen LogP contribution in [-0.2, 0) is 6.54 Å². The summed E-state index contributed by atoms with van der Waals surface area (Å²) < 4.78 is 10.6. The summed E-state index contributed by atoms with van der Waals surface area (Å²) in [6.07, 6.45) is 1.18. The Labute approximate surface area is 115 Å². The molecule has 1 aromatic carbocycles. The zero-order valence-electron chi connectivity index (χ0n) is 12.1. The maximum atomic E-state index is 6.14. The van der Waals surface area contributed by atoms with E-state index >= 15 is 0 Å². The highest BCUT2D eigenvalue weighted by atomic mass is 16.5. The number of methoxy groups -OCH3 is 2. The molecule has 1 saturated heterocycles. The summed E-state index contributed by atoms with van der Waals surface area (Å²) in [5, 5.41) is 0. The summed E-state index contributed by atoms with van der Waals surface area (Å²) in [7, 11) is 3.32. The number of benzene rings is 1. The molecule has 1 aliphatic heterocycles. The van der Waals surface area contributed by atoms with E-state index in [9.17, 15) is 0 Å². The molecular formula is C15H24N2O2. The highest BCUT2D eigenvalue weighted by molar-refractivity contribution is 5.42. The van der Waals surface area contributed by atoms with Crippen molar-refractivity contribution in [3.05, 3.63) is 23.8 Å². The summed E-state index contributed by atoms with van der Waals surface area (Å²) in [6.45, 7) is 5.23. The molecule has 1 aromatic rings. The van der Waals surface area contributed by atoms with Crippen LogP contribution in [0.4, 0.5) is 0 Å². The number of hydrogen-bond donors (Lipinski definition) is 1. The Morgan fingerprint density at radius 1 is 1.26 bits per heavy atom. The molecule has 0 aliphatic carbocycles. The van der Waals surface area contributed by atoms with Gasteiger partial charge in [0.25, 0.3) is 0 Å². The first-order chi connectivity index (χ1) is 9.13. The van der Waals surface area contributed by atoms with Crippen molar-refractivity contribution in [3.8, 4) is 11.5 Å². The smallest absolute Gasteiger partial charge is 0.161 e. The zero-order valence-corrected chi connectivity index (χ0v) is 12.1. The van der Waals surface area contributed by atoms with E-state index in [2.05, 4.69) is 17.9 Å². The van der Waals surface area contributed by atoms with Crippen molar-refractivity contribution < 1.29 is 9.47 Å². The molecule has 0 amide bonds. The Hall–Kier alpha value is -1.26. The fraction of sp³-hybridized carbons (Fsp3) is 0.600. The first-order valence-electron chi connectivity index (χ1n) is 6.83. The first kappa shape index (κ1) is 14.2. The Bertz CT molecular complexity index is 423. The van der Waals surface area contributed by atoms with Gasteiger partial charge in [0.15, 0.2) is 11.5 Å². The van der Waals surface area contributed by atoms with E-state index in [4.69, 9.17) is 15.2 Å². The van der Waals surface area contributed by atoms with Gasteiger partial charge in [-0.2, -0.15) is 0 Å². The second kappa shape index (κ2) is 6.26. The number of hydrogen-bond acceptors (Lipinski definition) is 4. The van der Waals surface area contributed by atoms with Crippen LogP contribution >= 0.6 is 0 Å². The fourth-order valence-electron chi connectivity index (χ4n) is 2.55. The number of piperidine rings is 1. The lowest BCUT2D eigenvalue weighted by Crippen LogP contribution is -2.47. The average Bonchev–Trinajstić information content (AvgIpc) is 2.43. The normalized spacial score (nSPS) is 24.2. The molecule has 19 heavy (non-hydrogen) atoms. The minimum Gasteiger partial charge on any atom is -0.493 e. The van der Waals surface area contributed by atoms with Gasteiger partial charge in [-0.3, -0.25) is 4.90 Å². The monoisotopic (exact) mass is 264 g/mol. The average molecular weight is 264 g/mol. The quantitative estimate of drug-likeness (QED) is 0.902. The standard InChI is InChI=1S/C15H24N2O2/c1-11-6-7-17(10-13(11)16)9-12-4-5-14(18-2)15(8-12)19-3/h4-5,8,11,13H,6-7,9-10,16H2,1-3H3. The fourth-order valence-corrected chi connectivity index (χ4v) is 2.55. The van der Waals surface area contributed by atoms with Crippen LogP contribution < -0.4 is 15.2 Å². The van der Waals surface area contributed by atoms with Gasteiger partial charge in [0.05, 0.1) is 14.2 Å². The van der Waals surface area contributed by atoms with Crippen LogP contribution in [0.25, 0.3) is 0 Å². The summed E-state index contributed by atoms with van der Waals surface area (Å²) in [6, 6.07) is 6.38. The van der Waals surface area contributed by atoms with Gasteiger partial charge in [0.1, 0.15) is 0 Å². The maximum Gasteiger partial charge on any atom is 0.161 e. The molecule has 1 heterocycles. The lowest BCUT2D eigenvalue weighted by Gasteiger charge is -2.35. The molecule has 0 bridgehead atoms. The number of likely N-dealkylation sites (tertiary alicyclic amines) is 1. The van der Waals surface area contributed by atoms with E-state index in [0.717, 1.165) is 31.1 Å². The van der Waals surface area contributed by atoms with Gasteiger partial charge in [-0.05, 0) is 36.6 Å². The molecular weight excluding hydrogens is 240 g/mol. The topological polar surface area (TPSA) is 47.7 Å². The van der Waals surface area contributed by atoms with E-state index in [1.807, 2.05) is 12.1 Å². The molecule has 0 radical (unpaired) electrons. The molecule has 0 spiro atoms. The second-order valence-electron chi connectivity index (χ2n) is 5.35. The molecule has 4 heteroatoms. The SMILES string of the molecule is COc1ccc(CN2CCC(C)C(N)C2)cc1OC. The van der Waals surface area contributed by atoms with Crippen LogP contribution in [0.15, 0.2) is 18.2 Å².